The maximum Gasteiger partial charge on any atom is 0.397 e. The Hall–Kier alpha value is -2.52. The predicted octanol–water partition coefficient (Wildman–Crippen LogP) is 2.52. The van der Waals surface area contributed by atoms with Gasteiger partial charge in [-0.05, 0) is 31.5 Å². The van der Waals surface area contributed by atoms with Crippen molar-refractivity contribution in [3.8, 4) is 0 Å². The van der Waals surface area contributed by atoms with Crippen LogP contribution in [0.15, 0.2) is 18.2 Å². The molecule has 0 aliphatic carbocycles. The third-order valence-corrected chi connectivity index (χ3v) is 5.47. The van der Waals surface area contributed by atoms with Crippen LogP contribution < -0.4 is 10.2 Å². The van der Waals surface area contributed by atoms with Crippen molar-refractivity contribution in [2.24, 2.45) is 0 Å². The molecule has 2 amide bonds. The van der Waals surface area contributed by atoms with Crippen LogP contribution in [0.3, 0.4) is 0 Å². The summed E-state index contributed by atoms with van der Waals surface area (Å²) in [6, 6.07) is 5.49. The van der Waals surface area contributed by atoms with Gasteiger partial charge in [0.05, 0.1) is 6.61 Å². The average molecular weight is 409 g/mol. The number of rotatable bonds is 4. The van der Waals surface area contributed by atoms with Crippen molar-refractivity contribution in [3.05, 3.63) is 33.8 Å². The minimum absolute atomic E-state index is 0.0350. The summed E-state index contributed by atoms with van der Waals surface area (Å²) >= 11 is 7.29. The van der Waals surface area contributed by atoms with Crippen molar-refractivity contribution in [1.29, 1.82) is 0 Å². The third kappa shape index (κ3) is 4.25. The highest BCUT2D eigenvalue weighted by atomic mass is 35.5. The molecule has 1 aliphatic rings. The van der Waals surface area contributed by atoms with Gasteiger partial charge >= 0.3 is 11.9 Å². The second-order valence-electron chi connectivity index (χ2n) is 5.96. The quantitative estimate of drug-likeness (QED) is 0.616. The number of carbonyl (C=O) groups is 3. The van der Waals surface area contributed by atoms with Crippen LogP contribution in [-0.4, -0.2) is 41.1 Å². The fourth-order valence-electron chi connectivity index (χ4n) is 2.67. The molecule has 10 heteroatoms. The minimum atomic E-state index is -0.979. The van der Waals surface area contributed by atoms with Gasteiger partial charge in [-0.15, -0.1) is 10.2 Å². The molecule has 1 unspecified atom stereocenters. The Labute approximate surface area is 164 Å². The number of halogens is 1. The first-order valence-corrected chi connectivity index (χ1v) is 9.46. The topological polar surface area (TPSA) is 101 Å². The van der Waals surface area contributed by atoms with E-state index in [1.807, 2.05) is 19.1 Å². The SMILES string of the molecule is CCOC(=O)C(=O)Nc1nnc(C2CC(=O)N(c3ccc(C)c(Cl)c3)C2)s1. The van der Waals surface area contributed by atoms with Crippen molar-refractivity contribution >= 4 is 51.5 Å². The van der Waals surface area contributed by atoms with Gasteiger partial charge < -0.3 is 9.64 Å². The van der Waals surface area contributed by atoms with Crippen molar-refractivity contribution < 1.29 is 19.1 Å². The molecule has 1 N–H and O–H groups in total. The second-order valence-corrected chi connectivity index (χ2v) is 7.38. The lowest BCUT2D eigenvalue weighted by atomic mass is 10.1. The number of aromatic nitrogens is 2. The molecular formula is C17H17ClN4O4S. The predicted molar refractivity (Wildman–Crippen MR) is 101 cm³/mol. The van der Waals surface area contributed by atoms with Crippen LogP contribution >= 0.6 is 22.9 Å². The van der Waals surface area contributed by atoms with E-state index in [0.29, 0.717) is 16.6 Å². The van der Waals surface area contributed by atoms with E-state index in [2.05, 4.69) is 20.3 Å². The van der Waals surface area contributed by atoms with Gasteiger partial charge in [0.1, 0.15) is 5.01 Å². The summed E-state index contributed by atoms with van der Waals surface area (Å²) < 4.78 is 4.62. The van der Waals surface area contributed by atoms with Gasteiger partial charge in [-0.1, -0.05) is 29.0 Å². The molecular weight excluding hydrogens is 392 g/mol. The molecule has 1 atom stereocenters. The van der Waals surface area contributed by atoms with E-state index in [1.165, 1.54) is 0 Å². The van der Waals surface area contributed by atoms with E-state index >= 15 is 0 Å². The highest BCUT2D eigenvalue weighted by Gasteiger charge is 2.34. The highest BCUT2D eigenvalue weighted by Crippen LogP contribution is 2.35. The Balaban J connectivity index is 1.69. The molecule has 0 spiro atoms. The molecule has 1 aromatic carbocycles. The summed E-state index contributed by atoms with van der Waals surface area (Å²) in [5, 5.41) is 11.7. The smallest absolute Gasteiger partial charge is 0.397 e. The normalized spacial score (nSPS) is 16.5. The van der Waals surface area contributed by atoms with Crippen LogP contribution in [0.4, 0.5) is 10.8 Å². The second kappa shape index (κ2) is 8.01. The van der Waals surface area contributed by atoms with Crippen LogP contribution in [0.25, 0.3) is 0 Å². The van der Waals surface area contributed by atoms with Crippen molar-refractivity contribution in [3.63, 3.8) is 0 Å². The number of carbonyl (C=O) groups excluding carboxylic acids is 3. The van der Waals surface area contributed by atoms with E-state index < -0.39 is 11.9 Å². The molecule has 2 heterocycles. The number of ether oxygens (including phenoxy) is 1. The first-order chi connectivity index (χ1) is 12.9. The van der Waals surface area contributed by atoms with Crippen LogP contribution in [0.5, 0.6) is 0 Å². The summed E-state index contributed by atoms with van der Waals surface area (Å²) in [6.45, 7) is 4.06. The zero-order chi connectivity index (χ0) is 19.6. The molecule has 3 rings (SSSR count). The first-order valence-electron chi connectivity index (χ1n) is 8.27. The lowest BCUT2D eigenvalue weighted by Crippen LogP contribution is -2.24. The van der Waals surface area contributed by atoms with Crippen molar-refractivity contribution in [2.75, 3.05) is 23.4 Å². The number of nitrogens with one attached hydrogen (secondary N) is 1. The van der Waals surface area contributed by atoms with E-state index in [4.69, 9.17) is 11.6 Å². The number of anilines is 2. The van der Waals surface area contributed by atoms with Crippen LogP contribution in [0.1, 0.15) is 29.8 Å². The van der Waals surface area contributed by atoms with E-state index in [0.717, 1.165) is 22.6 Å². The minimum Gasteiger partial charge on any atom is -0.459 e. The zero-order valence-corrected chi connectivity index (χ0v) is 16.3. The molecule has 27 heavy (non-hydrogen) atoms. The van der Waals surface area contributed by atoms with Gasteiger partial charge in [-0.2, -0.15) is 0 Å². The van der Waals surface area contributed by atoms with E-state index in [9.17, 15) is 14.4 Å². The van der Waals surface area contributed by atoms with Gasteiger partial charge in [-0.25, -0.2) is 4.79 Å². The molecule has 0 radical (unpaired) electrons. The van der Waals surface area contributed by atoms with E-state index in [-0.39, 0.29) is 30.0 Å². The highest BCUT2D eigenvalue weighted by molar-refractivity contribution is 7.15. The van der Waals surface area contributed by atoms with Crippen molar-refractivity contribution in [2.45, 2.75) is 26.2 Å². The van der Waals surface area contributed by atoms with Gasteiger partial charge in [0.15, 0.2) is 0 Å². The molecule has 1 aliphatic heterocycles. The van der Waals surface area contributed by atoms with Gasteiger partial charge in [0, 0.05) is 29.6 Å². The molecule has 2 aromatic rings. The number of hydrogen-bond donors (Lipinski definition) is 1. The summed E-state index contributed by atoms with van der Waals surface area (Å²) in [4.78, 5) is 37.1. The lowest BCUT2D eigenvalue weighted by Gasteiger charge is -2.17. The Morgan fingerprint density at radius 3 is 2.89 bits per heavy atom. The van der Waals surface area contributed by atoms with Crippen LogP contribution in [0, 0.1) is 6.92 Å². The molecule has 142 valence electrons. The van der Waals surface area contributed by atoms with Gasteiger partial charge in [-0.3, -0.25) is 14.9 Å². The Bertz CT molecular complexity index is 901. The molecule has 8 nitrogen and oxygen atoms in total. The fraction of sp³-hybridized carbons (Fsp3) is 0.353. The lowest BCUT2D eigenvalue weighted by molar-refractivity contribution is -0.152. The number of benzene rings is 1. The maximum atomic E-state index is 12.4. The molecule has 0 saturated carbocycles. The van der Waals surface area contributed by atoms with E-state index in [1.54, 1.807) is 17.9 Å². The number of esters is 1. The van der Waals surface area contributed by atoms with Crippen molar-refractivity contribution in [1.82, 2.24) is 10.2 Å². The monoisotopic (exact) mass is 408 g/mol. The van der Waals surface area contributed by atoms with Gasteiger partial charge in [0.25, 0.3) is 0 Å². The Morgan fingerprint density at radius 1 is 1.41 bits per heavy atom. The summed E-state index contributed by atoms with van der Waals surface area (Å²) in [5.41, 5.74) is 1.67. The molecule has 1 saturated heterocycles. The fourth-order valence-corrected chi connectivity index (χ4v) is 3.67. The van der Waals surface area contributed by atoms with Gasteiger partial charge in [0.2, 0.25) is 11.0 Å². The number of aryl methyl sites for hydroxylation is 1. The number of amides is 2. The summed E-state index contributed by atoms with van der Waals surface area (Å²) in [5.74, 6) is -2.07. The molecule has 1 aromatic heterocycles. The standard InChI is InChI=1S/C17H17ClN4O4S/c1-3-26-16(25)14(24)19-17-21-20-15(27-17)10-6-13(23)22(8-10)11-5-4-9(2)12(18)7-11/h4-5,7,10H,3,6,8H2,1-2H3,(H,19,21,24). The van der Waals surface area contributed by atoms with Crippen LogP contribution in [0.2, 0.25) is 5.02 Å². The first kappa shape index (κ1) is 19.2. The summed E-state index contributed by atoms with van der Waals surface area (Å²) in [7, 11) is 0. The number of hydrogen-bond acceptors (Lipinski definition) is 7. The maximum absolute atomic E-state index is 12.4. The summed E-state index contributed by atoms with van der Waals surface area (Å²) in [6.07, 6.45) is 0.284. The average Bonchev–Trinajstić information content (AvgIpc) is 3.24. The largest absolute Gasteiger partial charge is 0.459 e. The number of nitrogens with zero attached hydrogens (tertiary/aromatic N) is 3. The third-order valence-electron chi connectivity index (χ3n) is 4.06. The molecule has 1 fully saturated rings. The Morgan fingerprint density at radius 2 is 2.19 bits per heavy atom. The molecule has 0 bridgehead atoms. The zero-order valence-electron chi connectivity index (χ0n) is 14.7. The Kier molecular flexibility index (Phi) is 5.71. The van der Waals surface area contributed by atoms with Crippen LogP contribution in [-0.2, 0) is 19.1 Å².